The van der Waals surface area contributed by atoms with Gasteiger partial charge in [-0.1, -0.05) is 34.1 Å². The third-order valence-corrected chi connectivity index (χ3v) is 2.59. The Balaban J connectivity index is 3.04. The van der Waals surface area contributed by atoms with E-state index in [9.17, 15) is 10.1 Å². The van der Waals surface area contributed by atoms with Crippen molar-refractivity contribution < 1.29 is 4.92 Å². The topological polar surface area (TPSA) is 43.1 Å². The van der Waals surface area contributed by atoms with Crippen molar-refractivity contribution in [3.05, 3.63) is 49.0 Å². The van der Waals surface area contributed by atoms with E-state index in [1.54, 1.807) is 6.07 Å². The van der Waals surface area contributed by atoms with Crippen molar-refractivity contribution in [1.82, 2.24) is 0 Å². The minimum absolute atomic E-state index is 0.0561. The SMILES string of the molecule is O=[N+]([O-])C(Br)=Cc1ccccc1Br. The van der Waals surface area contributed by atoms with Gasteiger partial charge in [0, 0.05) is 26.5 Å². The van der Waals surface area contributed by atoms with Crippen molar-refractivity contribution in [1.29, 1.82) is 0 Å². The molecule has 1 aromatic rings. The average molecular weight is 307 g/mol. The number of hydrogen-bond acceptors (Lipinski definition) is 2. The van der Waals surface area contributed by atoms with E-state index in [4.69, 9.17) is 0 Å². The van der Waals surface area contributed by atoms with Gasteiger partial charge in [-0.3, -0.25) is 10.1 Å². The van der Waals surface area contributed by atoms with Gasteiger partial charge in [0.25, 0.3) is 0 Å². The average Bonchev–Trinajstić information content (AvgIpc) is 2.08. The molecule has 0 bridgehead atoms. The van der Waals surface area contributed by atoms with E-state index in [1.807, 2.05) is 18.2 Å². The largest absolute Gasteiger partial charge is 0.311 e. The molecule has 0 aliphatic heterocycles. The zero-order chi connectivity index (χ0) is 9.84. The Morgan fingerprint density at radius 3 is 2.62 bits per heavy atom. The Bertz CT molecular complexity index is 363. The Morgan fingerprint density at radius 1 is 1.46 bits per heavy atom. The lowest BCUT2D eigenvalue weighted by Gasteiger charge is -1.95. The van der Waals surface area contributed by atoms with Gasteiger partial charge in [-0.05, 0) is 11.6 Å². The maximum absolute atomic E-state index is 10.3. The summed E-state index contributed by atoms with van der Waals surface area (Å²) >= 11 is 6.14. The van der Waals surface area contributed by atoms with Gasteiger partial charge in [-0.2, -0.15) is 0 Å². The molecule has 0 fully saturated rings. The standard InChI is InChI=1S/C8H5Br2NO2/c9-7-4-2-1-3-6(7)5-8(10)11(12)13/h1-5H. The number of hydrogen-bond donors (Lipinski definition) is 0. The molecule has 0 spiro atoms. The predicted octanol–water partition coefficient (Wildman–Crippen LogP) is 3.42. The molecule has 1 rings (SSSR count). The summed E-state index contributed by atoms with van der Waals surface area (Å²) in [5.41, 5.74) is 0.770. The summed E-state index contributed by atoms with van der Waals surface area (Å²) in [5, 5.41) is 10.3. The summed E-state index contributed by atoms with van der Waals surface area (Å²) in [6.45, 7) is 0. The minimum atomic E-state index is -0.487. The van der Waals surface area contributed by atoms with Crippen LogP contribution in [-0.4, -0.2) is 4.92 Å². The molecular formula is C8H5Br2NO2. The van der Waals surface area contributed by atoms with E-state index in [0.29, 0.717) is 0 Å². The van der Waals surface area contributed by atoms with Gasteiger partial charge < -0.3 is 0 Å². The van der Waals surface area contributed by atoms with Gasteiger partial charge >= 0.3 is 4.61 Å². The summed E-state index contributed by atoms with van der Waals surface area (Å²) in [7, 11) is 0. The van der Waals surface area contributed by atoms with Crippen LogP contribution in [0.1, 0.15) is 5.56 Å². The van der Waals surface area contributed by atoms with Crippen LogP contribution in [0.2, 0.25) is 0 Å². The van der Waals surface area contributed by atoms with E-state index in [1.165, 1.54) is 6.08 Å². The smallest absolute Gasteiger partial charge is 0.258 e. The number of rotatable bonds is 2. The van der Waals surface area contributed by atoms with Gasteiger partial charge in [-0.15, -0.1) is 0 Å². The number of nitro groups is 1. The lowest BCUT2D eigenvalue weighted by atomic mass is 10.2. The second-order valence-electron chi connectivity index (χ2n) is 2.25. The third kappa shape index (κ3) is 2.93. The Hall–Kier alpha value is -0.680. The van der Waals surface area contributed by atoms with Crippen molar-refractivity contribution in [2.45, 2.75) is 0 Å². The molecule has 0 aliphatic carbocycles. The molecule has 68 valence electrons. The summed E-state index contributed by atoms with van der Waals surface area (Å²) in [6, 6.07) is 7.28. The fraction of sp³-hybridized carbons (Fsp3) is 0. The van der Waals surface area contributed by atoms with Crippen LogP contribution in [-0.2, 0) is 0 Å². The summed E-state index contributed by atoms with van der Waals surface area (Å²) in [5.74, 6) is 0. The van der Waals surface area contributed by atoms with Gasteiger partial charge in [0.05, 0.1) is 4.92 Å². The van der Waals surface area contributed by atoms with E-state index >= 15 is 0 Å². The molecular weight excluding hydrogens is 302 g/mol. The normalized spacial score (nSPS) is 11.4. The first kappa shape index (κ1) is 10.4. The first-order valence-corrected chi connectivity index (χ1v) is 4.96. The van der Waals surface area contributed by atoms with Gasteiger partial charge in [0.1, 0.15) is 0 Å². The molecule has 3 nitrogen and oxygen atoms in total. The van der Waals surface area contributed by atoms with Crippen molar-refractivity contribution >= 4 is 37.9 Å². The first-order chi connectivity index (χ1) is 6.11. The van der Waals surface area contributed by atoms with Crippen LogP contribution in [0.5, 0.6) is 0 Å². The fourth-order valence-electron chi connectivity index (χ4n) is 0.773. The van der Waals surface area contributed by atoms with Crippen LogP contribution in [0, 0.1) is 10.1 Å². The molecule has 0 saturated carbocycles. The van der Waals surface area contributed by atoms with Crippen molar-refractivity contribution in [2.24, 2.45) is 0 Å². The van der Waals surface area contributed by atoms with E-state index in [-0.39, 0.29) is 4.61 Å². The molecule has 0 unspecified atom stereocenters. The van der Waals surface area contributed by atoms with E-state index in [0.717, 1.165) is 10.0 Å². The Morgan fingerprint density at radius 2 is 2.08 bits per heavy atom. The highest BCUT2D eigenvalue weighted by molar-refractivity contribution is 9.11. The zero-order valence-corrected chi connectivity index (χ0v) is 9.58. The quantitative estimate of drug-likeness (QED) is 0.477. The van der Waals surface area contributed by atoms with E-state index in [2.05, 4.69) is 31.9 Å². The molecule has 1 aromatic carbocycles. The Labute approximate surface area is 91.9 Å². The number of benzene rings is 1. The Kier molecular flexibility index (Phi) is 3.62. The maximum Gasteiger partial charge on any atom is 0.311 e. The molecule has 0 amide bonds. The van der Waals surface area contributed by atoms with Crippen molar-refractivity contribution in [2.75, 3.05) is 0 Å². The van der Waals surface area contributed by atoms with Crippen LogP contribution in [0.25, 0.3) is 6.08 Å². The van der Waals surface area contributed by atoms with E-state index < -0.39 is 4.92 Å². The number of nitrogens with zero attached hydrogens (tertiary/aromatic N) is 1. The minimum Gasteiger partial charge on any atom is -0.258 e. The highest BCUT2D eigenvalue weighted by Crippen LogP contribution is 2.20. The fourth-order valence-corrected chi connectivity index (χ4v) is 1.42. The maximum atomic E-state index is 10.3. The van der Waals surface area contributed by atoms with Crippen LogP contribution >= 0.6 is 31.9 Å². The number of halogens is 2. The highest BCUT2D eigenvalue weighted by Gasteiger charge is 2.05. The van der Waals surface area contributed by atoms with Crippen molar-refractivity contribution in [3.8, 4) is 0 Å². The highest BCUT2D eigenvalue weighted by atomic mass is 79.9. The summed E-state index contributed by atoms with van der Waals surface area (Å²) in [6.07, 6.45) is 1.45. The zero-order valence-electron chi connectivity index (χ0n) is 6.41. The molecule has 0 atom stereocenters. The summed E-state index contributed by atoms with van der Waals surface area (Å²) in [4.78, 5) is 9.80. The monoisotopic (exact) mass is 305 g/mol. The van der Waals surface area contributed by atoms with Crippen LogP contribution < -0.4 is 0 Å². The third-order valence-electron chi connectivity index (χ3n) is 1.35. The predicted molar refractivity (Wildman–Crippen MR) is 58.0 cm³/mol. The second-order valence-corrected chi connectivity index (χ2v) is 3.91. The molecule has 0 radical (unpaired) electrons. The lowest BCUT2D eigenvalue weighted by molar-refractivity contribution is -0.407. The molecule has 0 N–H and O–H groups in total. The molecule has 13 heavy (non-hydrogen) atoms. The van der Waals surface area contributed by atoms with Gasteiger partial charge in [-0.25, -0.2) is 0 Å². The molecule has 0 aliphatic rings. The molecule has 5 heteroatoms. The van der Waals surface area contributed by atoms with Crippen LogP contribution in [0.3, 0.4) is 0 Å². The van der Waals surface area contributed by atoms with Crippen molar-refractivity contribution in [3.63, 3.8) is 0 Å². The lowest BCUT2D eigenvalue weighted by Crippen LogP contribution is -1.90. The van der Waals surface area contributed by atoms with Gasteiger partial charge in [0.15, 0.2) is 0 Å². The second kappa shape index (κ2) is 4.53. The van der Waals surface area contributed by atoms with Crippen LogP contribution in [0.15, 0.2) is 33.3 Å². The molecule has 0 aromatic heterocycles. The van der Waals surface area contributed by atoms with Crippen LogP contribution in [0.4, 0.5) is 0 Å². The molecule has 0 saturated heterocycles. The molecule has 0 heterocycles. The summed E-state index contributed by atoms with van der Waals surface area (Å²) < 4.78 is 0.771. The first-order valence-electron chi connectivity index (χ1n) is 3.37. The van der Waals surface area contributed by atoms with Gasteiger partial charge in [0.2, 0.25) is 0 Å².